The summed E-state index contributed by atoms with van der Waals surface area (Å²) < 4.78 is 25.6. The van der Waals surface area contributed by atoms with Gasteiger partial charge in [-0.1, -0.05) is 12.1 Å². The molecule has 1 fully saturated rings. The maximum Gasteiger partial charge on any atom is 0.273 e. The number of rotatable bonds is 4. The standard InChI is InChI=1S/C18H19N3O5S/c1-12-7-8-14(20-9-4-10-27(20,25)26)11-16(12)19-18(22)15-5-3-6-17(13(15)2)21(23)24/h3,5-8,11H,4,9-10H2,1-2H3,(H,19,22). The Hall–Kier alpha value is -2.94. The van der Waals surface area contributed by atoms with E-state index in [1.807, 2.05) is 0 Å². The van der Waals surface area contributed by atoms with Crippen molar-refractivity contribution in [3.05, 3.63) is 63.2 Å². The first-order valence-corrected chi connectivity index (χ1v) is 9.98. The molecule has 0 atom stereocenters. The van der Waals surface area contributed by atoms with Gasteiger partial charge in [-0.2, -0.15) is 0 Å². The maximum atomic E-state index is 12.7. The predicted octanol–water partition coefficient (Wildman–Crippen LogP) is 3.00. The number of amides is 1. The molecule has 27 heavy (non-hydrogen) atoms. The minimum atomic E-state index is -3.33. The molecule has 3 rings (SSSR count). The van der Waals surface area contributed by atoms with Crippen molar-refractivity contribution >= 4 is 33.0 Å². The Morgan fingerprint density at radius 1 is 1.22 bits per heavy atom. The van der Waals surface area contributed by atoms with Crippen molar-refractivity contribution in [1.82, 2.24) is 0 Å². The summed E-state index contributed by atoms with van der Waals surface area (Å²) in [5.74, 6) is -0.379. The topological polar surface area (TPSA) is 110 Å². The van der Waals surface area contributed by atoms with Crippen LogP contribution in [0.5, 0.6) is 0 Å². The Bertz CT molecular complexity index is 1030. The van der Waals surface area contributed by atoms with E-state index < -0.39 is 20.9 Å². The van der Waals surface area contributed by atoms with Crippen LogP contribution in [0.1, 0.15) is 27.9 Å². The molecule has 1 aliphatic heterocycles. The summed E-state index contributed by atoms with van der Waals surface area (Å²) in [6.45, 7) is 3.72. The summed E-state index contributed by atoms with van der Waals surface area (Å²) in [6, 6.07) is 9.37. The van der Waals surface area contributed by atoms with Gasteiger partial charge >= 0.3 is 0 Å². The molecule has 1 saturated heterocycles. The van der Waals surface area contributed by atoms with Gasteiger partial charge in [-0.25, -0.2) is 8.42 Å². The molecule has 1 heterocycles. The minimum Gasteiger partial charge on any atom is -0.322 e. The zero-order chi connectivity index (χ0) is 19.8. The Morgan fingerprint density at radius 3 is 2.59 bits per heavy atom. The first-order chi connectivity index (χ1) is 12.7. The Kier molecular flexibility index (Phi) is 4.88. The molecule has 0 saturated carbocycles. The second-order valence-corrected chi connectivity index (χ2v) is 8.41. The number of hydrogen-bond donors (Lipinski definition) is 1. The van der Waals surface area contributed by atoms with Crippen LogP contribution in [0.2, 0.25) is 0 Å². The number of nitrogens with zero attached hydrogens (tertiary/aromatic N) is 2. The molecule has 2 aromatic rings. The normalized spacial score (nSPS) is 15.6. The number of benzene rings is 2. The van der Waals surface area contributed by atoms with Crippen LogP contribution in [0, 0.1) is 24.0 Å². The molecule has 0 bridgehead atoms. The highest BCUT2D eigenvalue weighted by atomic mass is 32.2. The summed E-state index contributed by atoms with van der Waals surface area (Å²) in [7, 11) is -3.33. The van der Waals surface area contributed by atoms with Crippen LogP contribution in [-0.4, -0.2) is 31.5 Å². The first kappa shape index (κ1) is 18.8. The molecule has 1 N–H and O–H groups in total. The third-order valence-electron chi connectivity index (χ3n) is 4.60. The van der Waals surface area contributed by atoms with Gasteiger partial charge in [0.05, 0.1) is 16.4 Å². The van der Waals surface area contributed by atoms with Crippen molar-refractivity contribution in [3.8, 4) is 0 Å². The van der Waals surface area contributed by atoms with Gasteiger partial charge in [-0.15, -0.1) is 0 Å². The van der Waals surface area contributed by atoms with E-state index in [0.29, 0.717) is 24.3 Å². The quantitative estimate of drug-likeness (QED) is 0.638. The average molecular weight is 389 g/mol. The third kappa shape index (κ3) is 3.63. The SMILES string of the molecule is Cc1ccc(N2CCCS2(=O)=O)cc1NC(=O)c1cccc([N+](=O)[O-])c1C. The number of nitro benzene ring substituents is 1. The summed E-state index contributed by atoms with van der Waals surface area (Å²) in [6.07, 6.45) is 0.560. The minimum absolute atomic E-state index is 0.107. The summed E-state index contributed by atoms with van der Waals surface area (Å²) >= 11 is 0. The zero-order valence-corrected chi connectivity index (χ0v) is 15.7. The maximum absolute atomic E-state index is 12.7. The fourth-order valence-corrected chi connectivity index (χ4v) is 4.64. The fraction of sp³-hybridized carbons (Fsp3) is 0.278. The lowest BCUT2D eigenvalue weighted by atomic mass is 10.1. The van der Waals surface area contributed by atoms with Gasteiger partial charge in [-0.3, -0.25) is 19.2 Å². The lowest BCUT2D eigenvalue weighted by Gasteiger charge is -2.19. The van der Waals surface area contributed by atoms with E-state index >= 15 is 0 Å². The van der Waals surface area contributed by atoms with Gasteiger partial charge in [0.25, 0.3) is 11.6 Å². The van der Waals surface area contributed by atoms with E-state index in [0.717, 1.165) is 5.56 Å². The Morgan fingerprint density at radius 2 is 1.96 bits per heavy atom. The number of carbonyl (C=O) groups excluding carboxylic acids is 1. The molecule has 0 spiro atoms. The van der Waals surface area contributed by atoms with Crippen LogP contribution in [0.25, 0.3) is 0 Å². The number of hydrogen-bond acceptors (Lipinski definition) is 5. The fourth-order valence-electron chi connectivity index (χ4n) is 3.09. The van der Waals surface area contributed by atoms with Crippen LogP contribution in [-0.2, 0) is 10.0 Å². The third-order valence-corrected chi connectivity index (χ3v) is 6.47. The van der Waals surface area contributed by atoms with Crippen LogP contribution >= 0.6 is 0 Å². The molecule has 0 unspecified atom stereocenters. The molecule has 8 nitrogen and oxygen atoms in total. The molecule has 2 aromatic carbocycles. The van der Waals surface area contributed by atoms with E-state index in [1.54, 1.807) is 25.1 Å². The number of carbonyl (C=O) groups is 1. The first-order valence-electron chi connectivity index (χ1n) is 8.37. The smallest absolute Gasteiger partial charge is 0.273 e. The van der Waals surface area contributed by atoms with Crippen LogP contribution < -0.4 is 9.62 Å². The highest BCUT2D eigenvalue weighted by molar-refractivity contribution is 7.93. The molecule has 9 heteroatoms. The highest BCUT2D eigenvalue weighted by Crippen LogP contribution is 2.29. The van der Waals surface area contributed by atoms with Crippen LogP contribution in [0.4, 0.5) is 17.1 Å². The van der Waals surface area contributed by atoms with Crippen molar-refractivity contribution in [3.63, 3.8) is 0 Å². The molecule has 1 amide bonds. The number of aryl methyl sites for hydroxylation is 1. The monoisotopic (exact) mass is 389 g/mol. The molecular formula is C18H19N3O5S. The molecule has 0 aliphatic carbocycles. The van der Waals surface area contributed by atoms with Crippen molar-refractivity contribution in [2.45, 2.75) is 20.3 Å². The van der Waals surface area contributed by atoms with Crippen molar-refractivity contribution < 1.29 is 18.1 Å². The van der Waals surface area contributed by atoms with E-state index in [4.69, 9.17) is 0 Å². The number of anilines is 2. The zero-order valence-electron chi connectivity index (χ0n) is 14.9. The molecular weight excluding hydrogens is 370 g/mol. The van der Waals surface area contributed by atoms with Gasteiger partial charge in [0.2, 0.25) is 10.0 Å². The van der Waals surface area contributed by atoms with Gasteiger partial charge < -0.3 is 5.32 Å². The Labute approximate surface area is 157 Å². The second-order valence-electron chi connectivity index (χ2n) is 6.40. The van der Waals surface area contributed by atoms with E-state index in [2.05, 4.69) is 5.32 Å². The molecule has 142 valence electrons. The lowest BCUT2D eigenvalue weighted by Crippen LogP contribution is -2.25. The molecule has 0 aromatic heterocycles. The highest BCUT2D eigenvalue weighted by Gasteiger charge is 2.29. The van der Waals surface area contributed by atoms with Gasteiger partial charge in [0.1, 0.15) is 0 Å². The largest absolute Gasteiger partial charge is 0.322 e. The number of nitro groups is 1. The van der Waals surface area contributed by atoms with Crippen molar-refractivity contribution in [2.75, 3.05) is 21.9 Å². The van der Waals surface area contributed by atoms with Crippen molar-refractivity contribution in [2.24, 2.45) is 0 Å². The van der Waals surface area contributed by atoms with Gasteiger partial charge in [-0.05, 0) is 44.0 Å². The van der Waals surface area contributed by atoms with E-state index in [9.17, 15) is 23.3 Å². The van der Waals surface area contributed by atoms with Gasteiger partial charge in [0.15, 0.2) is 0 Å². The second kappa shape index (κ2) is 6.99. The Balaban J connectivity index is 1.92. The summed E-state index contributed by atoms with van der Waals surface area (Å²) in [5, 5.41) is 13.8. The molecule has 0 radical (unpaired) electrons. The van der Waals surface area contributed by atoms with Gasteiger partial charge in [0, 0.05) is 29.4 Å². The van der Waals surface area contributed by atoms with E-state index in [1.165, 1.54) is 29.4 Å². The number of nitrogens with one attached hydrogen (secondary N) is 1. The lowest BCUT2D eigenvalue weighted by molar-refractivity contribution is -0.385. The predicted molar refractivity (Wildman–Crippen MR) is 103 cm³/mol. The summed E-state index contributed by atoms with van der Waals surface area (Å²) in [4.78, 5) is 23.2. The van der Waals surface area contributed by atoms with Crippen LogP contribution in [0.3, 0.4) is 0 Å². The molecule has 1 aliphatic rings. The average Bonchev–Trinajstić information content (AvgIpc) is 2.96. The summed E-state index contributed by atoms with van der Waals surface area (Å²) in [5.41, 5.74) is 2.05. The van der Waals surface area contributed by atoms with Crippen LogP contribution in [0.15, 0.2) is 36.4 Å². The number of sulfonamides is 1. The van der Waals surface area contributed by atoms with Crippen molar-refractivity contribution in [1.29, 1.82) is 0 Å². The van der Waals surface area contributed by atoms with E-state index in [-0.39, 0.29) is 22.6 Å².